The van der Waals surface area contributed by atoms with Gasteiger partial charge in [0, 0.05) is 6.61 Å². The highest BCUT2D eigenvalue weighted by atomic mass is 16.2. The molecule has 0 saturated carbocycles. The molecule has 1 nitrogen and oxygen atoms in total. The molecule has 0 rings (SSSR count). The van der Waals surface area contributed by atoms with Crippen LogP contribution in [0.3, 0.4) is 0 Å². The SMILES string of the molecule is C=CC(CC)CCCCO. The number of allylic oxidation sites excluding steroid dienone is 1. The summed E-state index contributed by atoms with van der Waals surface area (Å²) in [5, 5.41) is 8.50. The highest BCUT2D eigenvalue weighted by Gasteiger charge is 1.98. The fourth-order valence-electron chi connectivity index (χ4n) is 1.01. The summed E-state index contributed by atoms with van der Waals surface area (Å²) >= 11 is 0. The van der Waals surface area contributed by atoms with Crippen LogP contribution in [-0.2, 0) is 0 Å². The van der Waals surface area contributed by atoms with Gasteiger partial charge in [0.1, 0.15) is 0 Å². The van der Waals surface area contributed by atoms with Gasteiger partial charge in [-0.25, -0.2) is 0 Å². The van der Waals surface area contributed by atoms with E-state index in [0.29, 0.717) is 12.5 Å². The van der Waals surface area contributed by atoms with Crippen molar-refractivity contribution in [3.05, 3.63) is 12.7 Å². The Hall–Kier alpha value is -0.300. The van der Waals surface area contributed by atoms with Crippen molar-refractivity contribution in [2.45, 2.75) is 32.6 Å². The smallest absolute Gasteiger partial charge is 0.0431 e. The van der Waals surface area contributed by atoms with Crippen molar-refractivity contribution in [1.29, 1.82) is 0 Å². The Morgan fingerprint density at radius 3 is 2.60 bits per heavy atom. The molecule has 0 aromatic carbocycles. The average Bonchev–Trinajstić information content (AvgIpc) is 1.99. The molecule has 0 bridgehead atoms. The Balaban J connectivity index is 3.17. The number of rotatable bonds is 6. The lowest BCUT2D eigenvalue weighted by Gasteiger charge is -2.07. The quantitative estimate of drug-likeness (QED) is 0.446. The lowest BCUT2D eigenvalue weighted by molar-refractivity contribution is 0.280. The summed E-state index contributed by atoms with van der Waals surface area (Å²) in [5.74, 6) is 0.659. The van der Waals surface area contributed by atoms with Crippen LogP contribution in [-0.4, -0.2) is 11.7 Å². The van der Waals surface area contributed by atoms with Gasteiger partial charge in [-0.05, 0) is 25.2 Å². The van der Waals surface area contributed by atoms with Gasteiger partial charge in [-0.2, -0.15) is 0 Å². The molecule has 0 aromatic rings. The zero-order chi connectivity index (χ0) is 7.82. The van der Waals surface area contributed by atoms with E-state index in [2.05, 4.69) is 13.5 Å². The van der Waals surface area contributed by atoms with Crippen LogP contribution in [0, 0.1) is 5.92 Å². The third-order valence-electron chi connectivity index (χ3n) is 1.84. The van der Waals surface area contributed by atoms with E-state index >= 15 is 0 Å². The molecule has 1 N–H and O–H groups in total. The van der Waals surface area contributed by atoms with Crippen molar-refractivity contribution < 1.29 is 5.11 Å². The van der Waals surface area contributed by atoms with Crippen molar-refractivity contribution in [1.82, 2.24) is 0 Å². The Kier molecular flexibility index (Phi) is 6.61. The van der Waals surface area contributed by atoms with E-state index in [-0.39, 0.29) is 0 Å². The second-order valence-corrected chi connectivity index (χ2v) is 2.62. The molecule has 1 heteroatoms. The van der Waals surface area contributed by atoms with E-state index < -0.39 is 0 Å². The largest absolute Gasteiger partial charge is 0.396 e. The Bertz CT molecular complexity index is 78.8. The zero-order valence-corrected chi connectivity index (χ0v) is 6.84. The van der Waals surface area contributed by atoms with Gasteiger partial charge in [-0.15, -0.1) is 6.58 Å². The minimum atomic E-state index is 0.327. The Morgan fingerprint density at radius 1 is 1.50 bits per heavy atom. The van der Waals surface area contributed by atoms with Crippen LogP contribution in [0.15, 0.2) is 12.7 Å². The molecule has 0 heterocycles. The summed E-state index contributed by atoms with van der Waals surface area (Å²) in [6.07, 6.45) is 6.43. The molecule has 1 atom stereocenters. The van der Waals surface area contributed by atoms with Crippen LogP contribution < -0.4 is 0 Å². The fourth-order valence-corrected chi connectivity index (χ4v) is 1.01. The van der Waals surface area contributed by atoms with Crippen molar-refractivity contribution >= 4 is 0 Å². The van der Waals surface area contributed by atoms with E-state index in [9.17, 15) is 0 Å². The monoisotopic (exact) mass is 142 g/mol. The van der Waals surface area contributed by atoms with E-state index in [4.69, 9.17) is 5.11 Å². The third kappa shape index (κ3) is 4.57. The van der Waals surface area contributed by atoms with Crippen molar-refractivity contribution in [2.75, 3.05) is 6.61 Å². The molecule has 0 fully saturated rings. The summed E-state index contributed by atoms with van der Waals surface area (Å²) in [7, 11) is 0. The number of hydrogen-bond acceptors (Lipinski definition) is 1. The second-order valence-electron chi connectivity index (χ2n) is 2.62. The predicted molar refractivity (Wildman–Crippen MR) is 44.9 cm³/mol. The van der Waals surface area contributed by atoms with Crippen LogP contribution >= 0.6 is 0 Å². The van der Waals surface area contributed by atoms with Crippen molar-refractivity contribution in [3.63, 3.8) is 0 Å². The second kappa shape index (κ2) is 6.81. The average molecular weight is 142 g/mol. The molecule has 0 aliphatic heterocycles. The lowest BCUT2D eigenvalue weighted by atomic mass is 10.00. The summed E-state index contributed by atoms with van der Waals surface area (Å²) in [4.78, 5) is 0. The molecule has 10 heavy (non-hydrogen) atoms. The normalized spacial score (nSPS) is 13.0. The van der Waals surface area contributed by atoms with E-state index in [0.717, 1.165) is 12.8 Å². The first-order valence-corrected chi connectivity index (χ1v) is 4.08. The Morgan fingerprint density at radius 2 is 2.20 bits per heavy atom. The van der Waals surface area contributed by atoms with Crippen LogP contribution in [0.1, 0.15) is 32.6 Å². The lowest BCUT2D eigenvalue weighted by Crippen LogP contribution is -1.94. The fraction of sp³-hybridized carbons (Fsp3) is 0.778. The molecular formula is C9H18O. The summed E-state index contributed by atoms with van der Waals surface area (Å²) < 4.78 is 0. The molecule has 0 aromatic heterocycles. The topological polar surface area (TPSA) is 20.2 Å². The van der Waals surface area contributed by atoms with Gasteiger partial charge in [0.05, 0.1) is 0 Å². The van der Waals surface area contributed by atoms with E-state index in [1.54, 1.807) is 0 Å². The standard InChI is InChI=1S/C9H18O/c1-3-9(4-2)7-5-6-8-10/h3,9-10H,1,4-8H2,2H3. The maximum Gasteiger partial charge on any atom is 0.0431 e. The molecule has 0 aliphatic carbocycles. The third-order valence-corrected chi connectivity index (χ3v) is 1.84. The van der Waals surface area contributed by atoms with Crippen molar-refractivity contribution in [2.24, 2.45) is 5.92 Å². The molecule has 0 spiro atoms. The number of hydrogen-bond donors (Lipinski definition) is 1. The molecule has 60 valence electrons. The minimum Gasteiger partial charge on any atom is -0.396 e. The maximum atomic E-state index is 8.50. The van der Waals surface area contributed by atoms with E-state index in [1.807, 2.05) is 6.08 Å². The summed E-state index contributed by atoms with van der Waals surface area (Å²) in [6, 6.07) is 0. The molecule has 1 unspecified atom stereocenters. The first-order chi connectivity index (χ1) is 4.85. The molecule has 0 radical (unpaired) electrons. The molecular weight excluding hydrogens is 124 g/mol. The number of unbranched alkanes of at least 4 members (excludes halogenated alkanes) is 1. The first-order valence-electron chi connectivity index (χ1n) is 4.08. The molecule has 0 saturated heterocycles. The summed E-state index contributed by atoms with van der Waals surface area (Å²) in [6.45, 7) is 6.25. The zero-order valence-electron chi connectivity index (χ0n) is 6.84. The van der Waals surface area contributed by atoms with Gasteiger partial charge in [0.15, 0.2) is 0 Å². The van der Waals surface area contributed by atoms with Gasteiger partial charge < -0.3 is 5.11 Å². The number of aliphatic hydroxyl groups is 1. The van der Waals surface area contributed by atoms with Gasteiger partial charge in [0.2, 0.25) is 0 Å². The van der Waals surface area contributed by atoms with Crippen LogP contribution in [0.5, 0.6) is 0 Å². The molecule has 0 aliphatic rings. The van der Waals surface area contributed by atoms with Crippen molar-refractivity contribution in [3.8, 4) is 0 Å². The number of aliphatic hydroxyl groups excluding tert-OH is 1. The summed E-state index contributed by atoms with van der Waals surface area (Å²) in [5.41, 5.74) is 0. The predicted octanol–water partition coefficient (Wildman–Crippen LogP) is 2.36. The molecule has 0 amide bonds. The first kappa shape index (κ1) is 9.70. The van der Waals surface area contributed by atoms with Crippen LogP contribution in [0.2, 0.25) is 0 Å². The minimum absolute atomic E-state index is 0.327. The van der Waals surface area contributed by atoms with Gasteiger partial charge in [-0.1, -0.05) is 19.4 Å². The maximum absolute atomic E-state index is 8.50. The highest BCUT2D eigenvalue weighted by molar-refractivity contribution is 4.77. The Labute approximate surface area is 63.8 Å². The van der Waals surface area contributed by atoms with E-state index in [1.165, 1.54) is 12.8 Å². The van der Waals surface area contributed by atoms with Crippen LogP contribution in [0.4, 0.5) is 0 Å². The highest BCUT2D eigenvalue weighted by Crippen LogP contribution is 2.12. The van der Waals surface area contributed by atoms with Gasteiger partial charge >= 0.3 is 0 Å². The van der Waals surface area contributed by atoms with Gasteiger partial charge in [-0.3, -0.25) is 0 Å². The van der Waals surface area contributed by atoms with Crippen LogP contribution in [0.25, 0.3) is 0 Å². The van der Waals surface area contributed by atoms with Gasteiger partial charge in [0.25, 0.3) is 0 Å².